The maximum absolute atomic E-state index is 13.0. The van der Waals surface area contributed by atoms with Gasteiger partial charge in [0.2, 0.25) is 11.0 Å². The van der Waals surface area contributed by atoms with Crippen LogP contribution in [0, 0.1) is 5.82 Å². The summed E-state index contributed by atoms with van der Waals surface area (Å²) in [4.78, 5) is 26.4. The molecule has 27 heavy (non-hydrogen) atoms. The molecule has 1 aliphatic rings. The van der Waals surface area contributed by atoms with Crippen LogP contribution in [-0.2, 0) is 9.59 Å². The van der Waals surface area contributed by atoms with Crippen LogP contribution in [0.2, 0.25) is 0 Å². The molecule has 2 heterocycles. The van der Waals surface area contributed by atoms with Crippen LogP contribution in [0.1, 0.15) is 12.5 Å². The first-order valence-corrected chi connectivity index (χ1v) is 10.8. The molecule has 6 nitrogen and oxygen atoms in total. The number of nitrogens with zero attached hydrogens (tertiary/aromatic N) is 3. The van der Waals surface area contributed by atoms with E-state index >= 15 is 0 Å². The van der Waals surface area contributed by atoms with Crippen LogP contribution >= 0.6 is 47.1 Å². The predicted molar refractivity (Wildman–Crippen MR) is 111 cm³/mol. The highest BCUT2D eigenvalue weighted by molar-refractivity contribution is 8.26. The third-order valence-electron chi connectivity index (χ3n) is 3.26. The van der Waals surface area contributed by atoms with E-state index in [1.165, 1.54) is 40.1 Å². The molecule has 3 rings (SSSR count). The SMILES string of the molecule is CCSc1nnc(NC(=O)CN2C(=O)/C(=C/c3ccc(F)cc3)SC2=S)s1. The van der Waals surface area contributed by atoms with Crippen molar-refractivity contribution < 1.29 is 14.0 Å². The largest absolute Gasteiger partial charge is 0.299 e. The molecule has 1 aromatic heterocycles. The summed E-state index contributed by atoms with van der Waals surface area (Å²) in [7, 11) is 0. The van der Waals surface area contributed by atoms with E-state index < -0.39 is 5.91 Å². The molecule has 0 radical (unpaired) electrons. The van der Waals surface area contributed by atoms with Crippen molar-refractivity contribution in [2.75, 3.05) is 17.6 Å². The molecule has 1 aromatic carbocycles. The second kappa shape index (κ2) is 8.91. The van der Waals surface area contributed by atoms with Crippen LogP contribution in [0.5, 0.6) is 0 Å². The lowest BCUT2D eigenvalue weighted by Gasteiger charge is -2.13. The van der Waals surface area contributed by atoms with Crippen molar-refractivity contribution in [3.63, 3.8) is 0 Å². The second-order valence-corrected chi connectivity index (χ2v) is 9.34. The molecular weight excluding hydrogens is 427 g/mol. The van der Waals surface area contributed by atoms with Crippen LogP contribution in [0.4, 0.5) is 9.52 Å². The Balaban J connectivity index is 1.64. The number of nitrogens with one attached hydrogen (secondary N) is 1. The van der Waals surface area contributed by atoms with Gasteiger partial charge in [-0.25, -0.2) is 4.39 Å². The van der Waals surface area contributed by atoms with Gasteiger partial charge in [-0.3, -0.25) is 19.8 Å². The Morgan fingerprint density at radius 3 is 2.81 bits per heavy atom. The fourth-order valence-electron chi connectivity index (χ4n) is 2.09. The highest BCUT2D eigenvalue weighted by Crippen LogP contribution is 2.32. The Bertz CT molecular complexity index is 913. The molecular formula is C16H13FN4O2S4. The molecule has 0 spiro atoms. The van der Waals surface area contributed by atoms with Crippen molar-refractivity contribution in [2.45, 2.75) is 11.3 Å². The highest BCUT2D eigenvalue weighted by Gasteiger charge is 2.33. The summed E-state index contributed by atoms with van der Waals surface area (Å²) in [5, 5.41) is 10.9. The zero-order chi connectivity index (χ0) is 19.4. The van der Waals surface area contributed by atoms with Crippen LogP contribution in [-0.4, -0.2) is 43.5 Å². The number of hydrogen-bond donors (Lipinski definition) is 1. The van der Waals surface area contributed by atoms with Crippen molar-refractivity contribution in [2.24, 2.45) is 0 Å². The van der Waals surface area contributed by atoms with E-state index in [-0.39, 0.29) is 18.3 Å². The number of carbonyl (C=O) groups excluding carboxylic acids is 2. The summed E-state index contributed by atoms with van der Waals surface area (Å²) in [5.74, 6) is -0.254. The summed E-state index contributed by atoms with van der Waals surface area (Å²) < 4.78 is 14.1. The van der Waals surface area contributed by atoms with E-state index in [9.17, 15) is 14.0 Å². The monoisotopic (exact) mass is 440 g/mol. The van der Waals surface area contributed by atoms with Gasteiger partial charge in [-0.15, -0.1) is 10.2 Å². The number of anilines is 1. The molecule has 1 aliphatic heterocycles. The first-order valence-electron chi connectivity index (χ1n) is 7.73. The van der Waals surface area contributed by atoms with Gasteiger partial charge in [0.1, 0.15) is 16.7 Å². The van der Waals surface area contributed by atoms with E-state index in [2.05, 4.69) is 15.5 Å². The van der Waals surface area contributed by atoms with Crippen molar-refractivity contribution in [1.29, 1.82) is 0 Å². The van der Waals surface area contributed by atoms with Crippen molar-refractivity contribution in [3.05, 3.63) is 40.6 Å². The molecule has 1 saturated heterocycles. The van der Waals surface area contributed by atoms with Crippen molar-refractivity contribution >= 4 is 74.4 Å². The van der Waals surface area contributed by atoms with E-state index in [1.807, 2.05) is 6.92 Å². The van der Waals surface area contributed by atoms with Crippen LogP contribution < -0.4 is 5.32 Å². The van der Waals surface area contributed by atoms with E-state index in [1.54, 1.807) is 18.2 Å². The zero-order valence-corrected chi connectivity index (χ0v) is 17.2. The Hall–Kier alpha value is -1.82. The third kappa shape index (κ3) is 5.12. The number of hydrogen-bond acceptors (Lipinski definition) is 8. The Labute approximate surface area is 172 Å². The highest BCUT2D eigenvalue weighted by atomic mass is 32.2. The quantitative estimate of drug-likeness (QED) is 0.318. The molecule has 140 valence electrons. The lowest BCUT2D eigenvalue weighted by molar-refractivity contribution is -0.126. The molecule has 0 atom stereocenters. The molecule has 1 N–H and O–H groups in total. The van der Waals surface area contributed by atoms with Gasteiger partial charge < -0.3 is 0 Å². The molecule has 0 aliphatic carbocycles. The number of thiocarbonyl (C=S) groups is 1. The molecule has 1 fully saturated rings. The van der Waals surface area contributed by atoms with Crippen LogP contribution in [0.3, 0.4) is 0 Å². The first kappa shape index (κ1) is 19.9. The number of aromatic nitrogens is 2. The van der Waals surface area contributed by atoms with Gasteiger partial charge in [-0.1, -0.05) is 66.1 Å². The average molecular weight is 441 g/mol. The maximum atomic E-state index is 13.0. The van der Waals surface area contributed by atoms with Crippen LogP contribution in [0.15, 0.2) is 33.5 Å². The van der Waals surface area contributed by atoms with Gasteiger partial charge >= 0.3 is 0 Å². The summed E-state index contributed by atoms with van der Waals surface area (Å²) in [6.45, 7) is 1.79. The lowest BCUT2D eigenvalue weighted by Crippen LogP contribution is -2.36. The average Bonchev–Trinajstić information content (AvgIpc) is 3.17. The Morgan fingerprint density at radius 2 is 2.11 bits per heavy atom. The first-order chi connectivity index (χ1) is 13.0. The van der Waals surface area contributed by atoms with E-state index in [4.69, 9.17) is 12.2 Å². The predicted octanol–water partition coefficient (Wildman–Crippen LogP) is 3.63. The summed E-state index contributed by atoms with van der Waals surface area (Å²) >= 11 is 9.13. The fraction of sp³-hybridized carbons (Fsp3) is 0.188. The van der Waals surface area contributed by atoms with Gasteiger partial charge in [0.05, 0.1) is 4.91 Å². The minimum Gasteiger partial charge on any atom is -0.299 e. The molecule has 2 aromatic rings. The topological polar surface area (TPSA) is 75.2 Å². The van der Waals surface area contributed by atoms with Gasteiger partial charge in [0, 0.05) is 0 Å². The third-order valence-corrected chi connectivity index (χ3v) is 6.50. The minimum atomic E-state index is -0.404. The van der Waals surface area contributed by atoms with Crippen LogP contribution in [0.25, 0.3) is 6.08 Å². The van der Waals surface area contributed by atoms with Gasteiger partial charge in [0.15, 0.2) is 4.34 Å². The number of carbonyl (C=O) groups is 2. The Morgan fingerprint density at radius 1 is 1.37 bits per heavy atom. The Kier molecular flexibility index (Phi) is 6.58. The zero-order valence-electron chi connectivity index (χ0n) is 14.0. The van der Waals surface area contributed by atoms with Gasteiger partial charge in [-0.05, 0) is 29.5 Å². The lowest BCUT2D eigenvalue weighted by atomic mass is 10.2. The van der Waals surface area contributed by atoms with E-state index in [0.717, 1.165) is 21.9 Å². The standard InChI is InChI=1S/C16H13FN4O2S4/c1-2-25-15-20-19-14(27-15)18-12(22)8-21-13(23)11(26-16(21)24)7-9-3-5-10(17)6-4-9/h3-7H,2,8H2,1H3,(H,18,19,22)/b11-7-. The molecule has 11 heteroatoms. The maximum Gasteiger partial charge on any atom is 0.266 e. The molecule has 2 amide bonds. The number of thioether (sulfide) groups is 2. The van der Waals surface area contributed by atoms with Gasteiger partial charge in [0.25, 0.3) is 5.91 Å². The second-order valence-electron chi connectivity index (χ2n) is 5.17. The molecule has 0 unspecified atom stereocenters. The van der Waals surface area contributed by atoms with Crippen molar-refractivity contribution in [1.82, 2.24) is 15.1 Å². The summed E-state index contributed by atoms with van der Waals surface area (Å²) in [6, 6.07) is 5.76. The van der Waals surface area contributed by atoms with E-state index in [0.29, 0.717) is 19.9 Å². The van der Waals surface area contributed by atoms with Gasteiger partial charge in [-0.2, -0.15) is 0 Å². The molecule has 0 saturated carbocycles. The fourth-order valence-corrected chi connectivity index (χ4v) is 5.01. The summed E-state index contributed by atoms with van der Waals surface area (Å²) in [5.41, 5.74) is 0.677. The number of rotatable bonds is 6. The molecule has 0 bridgehead atoms. The summed E-state index contributed by atoms with van der Waals surface area (Å²) in [6.07, 6.45) is 1.62. The minimum absolute atomic E-state index is 0.207. The van der Waals surface area contributed by atoms with Crippen molar-refractivity contribution in [3.8, 4) is 0 Å². The number of amides is 2. The number of benzene rings is 1. The smallest absolute Gasteiger partial charge is 0.266 e. The normalized spacial score (nSPS) is 15.6. The number of halogens is 1.